The van der Waals surface area contributed by atoms with Crippen LogP contribution in [0.1, 0.15) is 27.2 Å². The summed E-state index contributed by atoms with van der Waals surface area (Å²) in [4.78, 5) is 39.2. The zero-order valence-corrected chi connectivity index (χ0v) is 13.6. The predicted octanol–water partition coefficient (Wildman–Crippen LogP) is -0.842. The van der Waals surface area contributed by atoms with Crippen molar-refractivity contribution >= 4 is 17.1 Å². The Bertz CT molecular complexity index is 841. The first-order chi connectivity index (χ1) is 10.2. The number of aromatic nitrogens is 4. The highest BCUT2D eigenvalue weighted by Gasteiger charge is 2.24. The number of H-pyrrole nitrogens is 1. The molecule has 2 aromatic rings. The maximum Gasteiger partial charge on any atom is 0.333 e. The summed E-state index contributed by atoms with van der Waals surface area (Å²) in [7, 11) is 2.99. The lowest BCUT2D eigenvalue weighted by molar-refractivity contribution is -0.659. The molecule has 0 unspecified atom stereocenters. The van der Waals surface area contributed by atoms with E-state index in [2.05, 4.69) is 10.3 Å². The van der Waals surface area contributed by atoms with E-state index in [1.807, 2.05) is 20.8 Å². The summed E-state index contributed by atoms with van der Waals surface area (Å²) in [6, 6.07) is 0. The van der Waals surface area contributed by atoms with E-state index in [4.69, 9.17) is 0 Å². The Morgan fingerprint density at radius 3 is 2.55 bits per heavy atom. The Morgan fingerprint density at radius 1 is 1.32 bits per heavy atom. The fraction of sp³-hybridized carbons (Fsp3) is 0.571. The standard InChI is InChI=1S/C14H21N5O3/c1-6-14(2,3)16-9(20)7-19-8-15-11-10(19)12(21)18(5)13(22)17(11)4/h8H,6-7H2,1-5H3,(H,16,20)/p+1. The number of rotatable bonds is 4. The monoisotopic (exact) mass is 308 g/mol. The molecule has 0 saturated carbocycles. The van der Waals surface area contributed by atoms with Crippen LogP contribution >= 0.6 is 0 Å². The van der Waals surface area contributed by atoms with Gasteiger partial charge in [0.2, 0.25) is 6.33 Å². The van der Waals surface area contributed by atoms with Crippen molar-refractivity contribution in [2.45, 2.75) is 39.3 Å². The summed E-state index contributed by atoms with van der Waals surface area (Å²) in [6.45, 7) is 5.88. The van der Waals surface area contributed by atoms with Crippen molar-refractivity contribution in [1.29, 1.82) is 0 Å². The minimum atomic E-state index is -0.429. The molecule has 1 amide bonds. The smallest absolute Gasteiger partial charge is 0.333 e. The quantitative estimate of drug-likeness (QED) is 0.721. The van der Waals surface area contributed by atoms with Crippen molar-refractivity contribution in [3.63, 3.8) is 0 Å². The minimum Gasteiger partial charge on any atom is -0.348 e. The Hall–Kier alpha value is -2.38. The maximum atomic E-state index is 12.3. The zero-order chi connectivity index (χ0) is 16.7. The van der Waals surface area contributed by atoms with E-state index >= 15 is 0 Å². The molecule has 120 valence electrons. The Labute approximate surface area is 127 Å². The molecule has 0 bridgehead atoms. The van der Waals surface area contributed by atoms with Gasteiger partial charge < -0.3 is 5.32 Å². The SMILES string of the molecule is CCC(C)(C)NC(=O)C[n+]1c[nH]c2c1c(=O)n(C)c(=O)n2C. The van der Waals surface area contributed by atoms with E-state index in [1.54, 1.807) is 7.05 Å². The number of aromatic amines is 1. The summed E-state index contributed by atoms with van der Waals surface area (Å²) in [5, 5.41) is 2.92. The third-order valence-electron chi connectivity index (χ3n) is 3.96. The fourth-order valence-corrected chi connectivity index (χ4v) is 2.24. The van der Waals surface area contributed by atoms with E-state index in [9.17, 15) is 14.4 Å². The van der Waals surface area contributed by atoms with E-state index in [0.29, 0.717) is 11.2 Å². The lowest BCUT2D eigenvalue weighted by Crippen LogP contribution is -2.51. The fourth-order valence-electron chi connectivity index (χ4n) is 2.24. The number of hydrogen-bond acceptors (Lipinski definition) is 3. The first-order valence-corrected chi connectivity index (χ1v) is 7.15. The molecule has 8 nitrogen and oxygen atoms in total. The molecule has 0 aliphatic rings. The molecule has 2 aromatic heterocycles. The summed E-state index contributed by atoms with van der Waals surface area (Å²) in [6.07, 6.45) is 2.33. The second kappa shape index (κ2) is 5.43. The molecule has 2 N–H and O–H groups in total. The minimum absolute atomic E-state index is 0.0108. The van der Waals surface area contributed by atoms with Crippen LogP contribution < -0.4 is 21.1 Å². The number of carbonyl (C=O) groups excluding carboxylic acids is 1. The highest BCUT2D eigenvalue weighted by Crippen LogP contribution is 2.06. The lowest BCUT2D eigenvalue weighted by atomic mass is 10.0. The molecule has 0 aliphatic heterocycles. The van der Waals surface area contributed by atoms with Gasteiger partial charge in [-0.1, -0.05) is 6.92 Å². The summed E-state index contributed by atoms with van der Waals surface area (Å²) < 4.78 is 3.90. The van der Waals surface area contributed by atoms with Gasteiger partial charge in [0, 0.05) is 19.6 Å². The largest absolute Gasteiger partial charge is 0.348 e. The number of amides is 1. The third kappa shape index (κ3) is 2.68. The van der Waals surface area contributed by atoms with Gasteiger partial charge in [0.15, 0.2) is 6.54 Å². The van der Waals surface area contributed by atoms with Crippen molar-refractivity contribution < 1.29 is 9.36 Å². The van der Waals surface area contributed by atoms with Crippen LogP contribution in [-0.4, -0.2) is 25.6 Å². The molecular weight excluding hydrogens is 286 g/mol. The average Bonchev–Trinajstić information content (AvgIpc) is 2.85. The van der Waals surface area contributed by atoms with Crippen LogP contribution in [0.3, 0.4) is 0 Å². The van der Waals surface area contributed by atoms with Crippen molar-refractivity contribution in [3.8, 4) is 0 Å². The summed E-state index contributed by atoms with van der Waals surface area (Å²) >= 11 is 0. The predicted molar refractivity (Wildman–Crippen MR) is 81.5 cm³/mol. The van der Waals surface area contributed by atoms with Gasteiger partial charge in [-0.25, -0.2) is 14.3 Å². The van der Waals surface area contributed by atoms with E-state index in [0.717, 1.165) is 11.0 Å². The molecule has 0 aliphatic carbocycles. The first kappa shape index (κ1) is 16.0. The molecule has 8 heteroatoms. The van der Waals surface area contributed by atoms with Gasteiger partial charge in [0.1, 0.15) is 0 Å². The van der Waals surface area contributed by atoms with Gasteiger partial charge >= 0.3 is 11.2 Å². The second-order valence-corrected chi connectivity index (χ2v) is 6.09. The van der Waals surface area contributed by atoms with Crippen molar-refractivity contribution in [2.75, 3.05) is 0 Å². The number of hydrogen-bond donors (Lipinski definition) is 2. The van der Waals surface area contributed by atoms with Gasteiger partial charge in [-0.3, -0.25) is 18.7 Å². The lowest BCUT2D eigenvalue weighted by Gasteiger charge is -2.23. The third-order valence-corrected chi connectivity index (χ3v) is 3.96. The maximum absolute atomic E-state index is 12.3. The van der Waals surface area contributed by atoms with Crippen LogP contribution in [0.2, 0.25) is 0 Å². The average molecular weight is 308 g/mol. The molecule has 0 saturated heterocycles. The molecule has 22 heavy (non-hydrogen) atoms. The van der Waals surface area contributed by atoms with Gasteiger partial charge in [-0.2, -0.15) is 0 Å². The number of aryl methyl sites for hydroxylation is 1. The van der Waals surface area contributed by atoms with Crippen molar-refractivity contribution in [1.82, 2.24) is 19.4 Å². The zero-order valence-electron chi connectivity index (χ0n) is 13.6. The van der Waals surface area contributed by atoms with Crippen molar-refractivity contribution in [2.24, 2.45) is 14.1 Å². The van der Waals surface area contributed by atoms with Gasteiger partial charge in [-0.15, -0.1) is 0 Å². The number of nitrogens with zero attached hydrogens (tertiary/aromatic N) is 3. The van der Waals surface area contributed by atoms with Crippen LogP contribution in [0.25, 0.3) is 11.2 Å². The van der Waals surface area contributed by atoms with Gasteiger partial charge in [-0.05, 0) is 20.3 Å². The van der Waals surface area contributed by atoms with Gasteiger partial charge in [0.25, 0.3) is 17.1 Å². The topological polar surface area (TPSA) is 92.8 Å². The molecule has 2 heterocycles. The highest BCUT2D eigenvalue weighted by molar-refractivity contribution is 5.76. The second-order valence-electron chi connectivity index (χ2n) is 6.09. The Balaban J connectivity index is 2.45. The number of imidazole rings is 1. The summed E-state index contributed by atoms with van der Waals surface area (Å²) in [5.74, 6) is -0.186. The number of fused-ring (bicyclic) bond motifs is 1. The van der Waals surface area contributed by atoms with Crippen LogP contribution in [0, 0.1) is 0 Å². The molecule has 2 rings (SSSR count). The van der Waals surface area contributed by atoms with Crippen LogP contribution in [0.5, 0.6) is 0 Å². The molecule has 0 radical (unpaired) electrons. The van der Waals surface area contributed by atoms with Gasteiger partial charge in [0.05, 0.1) is 0 Å². The van der Waals surface area contributed by atoms with E-state index < -0.39 is 11.2 Å². The molecule has 0 spiro atoms. The summed E-state index contributed by atoms with van der Waals surface area (Å²) in [5.41, 5.74) is -0.448. The first-order valence-electron chi connectivity index (χ1n) is 7.15. The molecule has 0 aromatic carbocycles. The van der Waals surface area contributed by atoms with Crippen molar-refractivity contribution in [3.05, 3.63) is 27.2 Å². The highest BCUT2D eigenvalue weighted by atomic mass is 16.2. The number of nitrogens with one attached hydrogen (secondary N) is 2. The van der Waals surface area contributed by atoms with Crippen LogP contribution in [0.15, 0.2) is 15.9 Å². The van der Waals surface area contributed by atoms with Crippen LogP contribution in [0.4, 0.5) is 0 Å². The van der Waals surface area contributed by atoms with E-state index in [1.165, 1.54) is 22.5 Å². The molecular formula is C14H22N5O3+. The van der Waals surface area contributed by atoms with Crippen LogP contribution in [-0.2, 0) is 25.4 Å². The molecule has 0 atom stereocenters. The Morgan fingerprint density at radius 2 is 1.95 bits per heavy atom. The molecule has 0 fully saturated rings. The Kier molecular flexibility index (Phi) is 3.95. The number of carbonyl (C=O) groups is 1. The van der Waals surface area contributed by atoms with E-state index in [-0.39, 0.29) is 18.0 Å². The normalized spacial score (nSPS) is 11.9.